The highest BCUT2D eigenvalue weighted by Crippen LogP contribution is 2.35. The summed E-state index contributed by atoms with van der Waals surface area (Å²) in [6.07, 6.45) is 6.10. The third kappa shape index (κ3) is 9.56. The van der Waals surface area contributed by atoms with E-state index in [0.717, 1.165) is 88.9 Å². The number of methoxy groups -OCH3 is 2. The second kappa shape index (κ2) is 19.6. The zero-order chi connectivity index (χ0) is 44.9. The lowest BCUT2D eigenvalue weighted by Crippen LogP contribution is -2.49. The molecule has 0 radical (unpaired) electrons. The Morgan fingerprint density at radius 3 is 2.12 bits per heavy atom. The number of aliphatic imine (C=N–C) groups is 1. The third-order valence-electron chi connectivity index (χ3n) is 13.4. The number of imidazole rings is 1. The Morgan fingerprint density at radius 2 is 1.40 bits per heavy atom. The molecule has 4 aliphatic heterocycles. The summed E-state index contributed by atoms with van der Waals surface area (Å²) in [5, 5.41) is 11.4. The average molecular weight is 881 g/mol. The highest BCUT2D eigenvalue weighted by Gasteiger charge is 2.40. The topological polar surface area (TPSA) is 180 Å². The number of amides is 4. The number of fused-ring (bicyclic) bond motifs is 1. The summed E-state index contributed by atoms with van der Waals surface area (Å²) in [5.74, 6) is 1.53. The number of hydrogen-bond donors (Lipinski definition) is 4. The molecule has 5 atom stereocenters. The lowest BCUT2D eigenvalue weighted by Gasteiger charge is -2.31. The van der Waals surface area contributed by atoms with Crippen molar-refractivity contribution >= 4 is 40.6 Å². The van der Waals surface area contributed by atoms with Crippen LogP contribution in [0.2, 0.25) is 0 Å². The predicted octanol–water partition coefficient (Wildman–Crippen LogP) is 7.23. The number of carbonyl (C=O) groups is 4. The van der Waals surface area contributed by atoms with Gasteiger partial charge in [-0.2, -0.15) is 0 Å². The van der Waals surface area contributed by atoms with Crippen LogP contribution in [0, 0.1) is 5.92 Å². The van der Waals surface area contributed by atoms with Gasteiger partial charge < -0.3 is 44.9 Å². The van der Waals surface area contributed by atoms with Crippen molar-refractivity contribution in [2.24, 2.45) is 10.9 Å². The number of rotatable bonds is 12. The van der Waals surface area contributed by atoms with Crippen LogP contribution in [-0.2, 0) is 23.8 Å². The van der Waals surface area contributed by atoms with E-state index in [-0.39, 0.29) is 35.9 Å². The van der Waals surface area contributed by atoms with Crippen molar-refractivity contribution in [3.8, 4) is 22.4 Å². The number of alkyl carbamates (subject to hydrolysis) is 2. The Labute approximate surface area is 378 Å². The number of likely N-dealkylation sites (tertiary alicyclic amines) is 2. The number of carbonyl (C=O) groups excluding carboxylic acids is 4. The van der Waals surface area contributed by atoms with Gasteiger partial charge in [-0.1, -0.05) is 78.9 Å². The van der Waals surface area contributed by atoms with Gasteiger partial charge in [0.25, 0.3) is 5.91 Å². The van der Waals surface area contributed by atoms with E-state index in [0.29, 0.717) is 44.8 Å². The zero-order valence-corrected chi connectivity index (χ0v) is 36.8. The lowest BCUT2D eigenvalue weighted by molar-refractivity contribution is -0.135. The van der Waals surface area contributed by atoms with E-state index >= 15 is 0 Å². The van der Waals surface area contributed by atoms with Crippen LogP contribution in [0.15, 0.2) is 102 Å². The maximum absolute atomic E-state index is 14.0. The molecule has 65 heavy (non-hydrogen) atoms. The van der Waals surface area contributed by atoms with E-state index in [9.17, 15) is 19.2 Å². The molecule has 3 fully saturated rings. The SMILES string of the molecule is COC(=O)N[C@@H](CC1CCOCC1)C(=O)N1CCCC1c1ncc(-c2ccc3cc(-c4ccc(C5CN=C([C@@H]6CCCN6C(=O)[C@H](NC(=O)OC)c6ccccc6)N5)cc4)ccc3c2)[nH]1. The maximum atomic E-state index is 14.0. The van der Waals surface area contributed by atoms with Gasteiger partial charge in [0.2, 0.25) is 5.91 Å². The minimum atomic E-state index is -0.865. The quantitative estimate of drug-likeness (QED) is 0.101. The molecule has 0 aliphatic carbocycles. The standard InChI is InChI=1S/C50H56N8O7/c1-63-49(61)55-39(26-31-20-24-65-25-21-31)47(59)57-22-6-10-42(57)45-52-30-41(54-45)38-19-18-36-27-35(16-17-37(36)28-38)32-12-14-33(15-13-32)40-29-51-46(53-40)43-11-7-23-58(43)48(60)44(56-50(62)64-2)34-8-4-3-5-9-34/h3-5,8-9,12-19,27-28,30-31,39-40,42-44H,6-7,10-11,20-26,29H2,1-2H3,(H,51,53)(H,52,54)(H,55,61)(H,56,62)/t39-,40?,42?,43-,44+/m0/s1. The van der Waals surface area contributed by atoms with E-state index in [4.69, 9.17) is 24.2 Å². The van der Waals surface area contributed by atoms with Crippen LogP contribution in [0.5, 0.6) is 0 Å². The summed E-state index contributed by atoms with van der Waals surface area (Å²) in [6, 6.07) is 28.7. The van der Waals surface area contributed by atoms with Crippen LogP contribution in [-0.4, -0.2) is 109 Å². The van der Waals surface area contributed by atoms with Crippen molar-refractivity contribution in [2.75, 3.05) is 47.1 Å². The molecule has 338 valence electrons. The average Bonchev–Trinajstić information content (AvgIpc) is 4.21. The molecule has 0 spiro atoms. The minimum Gasteiger partial charge on any atom is -0.453 e. The summed E-state index contributed by atoms with van der Waals surface area (Å²) in [7, 11) is 2.61. The number of benzene rings is 4. The first-order valence-electron chi connectivity index (χ1n) is 22.7. The second-order valence-corrected chi connectivity index (χ2v) is 17.3. The molecule has 4 aromatic carbocycles. The summed E-state index contributed by atoms with van der Waals surface area (Å²) in [4.78, 5) is 69.4. The van der Waals surface area contributed by atoms with E-state index in [1.165, 1.54) is 14.2 Å². The van der Waals surface area contributed by atoms with E-state index < -0.39 is 24.3 Å². The molecule has 9 rings (SSSR count). The normalized spacial score (nSPS) is 20.8. The number of aromatic amines is 1. The van der Waals surface area contributed by atoms with Crippen molar-refractivity contribution in [3.05, 3.63) is 114 Å². The van der Waals surface area contributed by atoms with E-state index in [1.54, 1.807) is 0 Å². The second-order valence-electron chi connectivity index (χ2n) is 17.3. The Hall–Kier alpha value is -6.74. The molecule has 4 N–H and O–H groups in total. The predicted molar refractivity (Wildman–Crippen MR) is 246 cm³/mol. The number of aromatic nitrogens is 2. The molecule has 0 bridgehead atoms. The monoisotopic (exact) mass is 880 g/mol. The van der Waals surface area contributed by atoms with Crippen LogP contribution in [0.25, 0.3) is 33.2 Å². The fraction of sp³-hybridized carbons (Fsp3) is 0.400. The molecule has 15 nitrogen and oxygen atoms in total. The van der Waals surface area contributed by atoms with E-state index in [2.05, 4.69) is 81.6 Å². The first kappa shape index (κ1) is 43.5. The minimum absolute atomic E-state index is 0.0207. The van der Waals surface area contributed by atoms with Crippen LogP contribution < -0.4 is 16.0 Å². The molecule has 5 aromatic rings. The van der Waals surface area contributed by atoms with Crippen LogP contribution in [0.3, 0.4) is 0 Å². The molecule has 0 saturated carbocycles. The molecule has 4 amide bonds. The zero-order valence-electron chi connectivity index (χ0n) is 36.8. The van der Waals surface area contributed by atoms with E-state index in [1.807, 2.05) is 46.3 Å². The first-order chi connectivity index (χ1) is 31.8. The Balaban J connectivity index is 0.836. The van der Waals surface area contributed by atoms with Gasteiger partial charge in [0.15, 0.2) is 0 Å². The van der Waals surface area contributed by atoms with Crippen molar-refractivity contribution in [1.29, 1.82) is 0 Å². The highest BCUT2D eigenvalue weighted by molar-refractivity contribution is 5.96. The fourth-order valence-electron chi connectivity index (χ4n) is 9.85. The molecular formula is C50H56N8O7. The number of ether oxygens (including phenoxy) is 3. The van der Waals surface area contributed by atoms with Crippen molar-refractivity contribution < 1.29 is 33.4 Å². The Morgan fingerprint density at radius 1 is 0.754 bits per heavy atom. The number of hydrogen-bond acceptors (Lipinski definition) is 10. The summed E-state index contributed by atoms with van der Waals surface area (Å²) < 4.78 is 15.3. The fourth-order valence-corrected chi connectivity index (χ4v) is 9.85. The smallest absolute Gasteiger partial charge is 0.407 e. The Bertz CT molecular complexity index is 2540. The molecule has 1 aromatic heterocycles. The number of amidine groups is 1. The third-order valence-corrected chi connectivity index (χ3v) is 13.4. The summed E-state index contributed by atoms with van der Waals surface area (Å²) in [5.41, 5.74) is 5.88. The molecule has 4 aliphatic rings. The summed E-state index contributed by atoms with van der Waals surface area (Å²) in [6.45, 7) is 3.07. The largest absolute Gasteiger partial charge is 0.453 e. The van der Waals surface area contributed by atoms with Gasteiger partial charge in [-0.25, -0.2) is 14.6 Å². The molecule has 2 unspecified atom stereocenters. The van der Waals surface area contributed by atoms with Gasteiger partial charge in [0.1, 0.15) is 23.7 Å². The van der Waals surface area contributed by atoms with Gasteiger partial charge in [-0.05, 0) is 96.0 Å². The van der Waals surface area contributed by atoms with Gasteiger partial charge >= 0.3 is 12.2 Å². The molecule has 5 heterocycles. The van der Waals surface area contributed by atoms with Gasteiger partial charge in [0.05, 0.1) is 50.8 Å². The number of nitrogens with zero attached hydrogens (tertiary/aromatic N) is 4. The maximum Gasteiger partial charge on any atom is 0.407 e. The molecule has 3 saturated heterocycles. The van der Waals surface area contributed by atoms with Crippen molar-refractivity contribution in [3.63, 3.8) is 0 Å². The van der Waals surface area contributed by atoms with Crippen molar-refractivity contribution in [2.45, 2.75) is 75.2 Å². The van der Waals surface area contributed by atoms with Gasteiger partial charge in [-0.3, -0.25) is 14.6 Å². The van der Waals surface area contributed by atoms with Crippen LogP contribution in [0.1, 0.15) is 80.0 Å². The van der Waals surface area contributed by atoms with Gasteiger partial charge in [0, 0.05) is 31.9 Å². The van der Waals surface area contributed by atoms with Crippen LogP contribution >= 0.6 is 0 Å². The highest BCUT2D eigenvalue weighted by atomic mass is 16.5. The lowest BCUT2D eigenvalue weighted by atomic mass is 9.92. The summed E-state index contributed by atoms with van der Waals surface area (Å²) >= 11 is 0. The first-order valence-corrected chi connectivity index (χ1v) is 22.7. The number of nitrogens with one attached hydrogen (secondary N) is 4. The van der Waals surface area contributed by atoms with Crippen LogP contribution in [0.4, 0.5) is 9.59 Å². The molecular weight excluding hydrogens is 825 g/mol. The Kier molecular flexibility index (Phi) is 13.1. The number of H-pyrrole nitrogens is 1. The molecule has 15 heteroatoms. The van der Waals surface area contributed by atoms with Crippen molar-refractivity contribution in [1.82, 2.24) is 35.7 Å². The van der Waals surface area contributed by atoms with Gasteiger partial charge in [-0.15, -0.1) is 0 Å².